The topological polar surface area (TPSA) is 28.2 Å². The minimum atomic E-state index is -4.38. The molecular weight excluding hydrogens is 393 g/mol. The van der Waals surface area contributed by atoms with Gasteiger partial charge in [-0.25, -0.2) is 9.37 Å². The van der Waals surface area contributed by atoms with Gasteiger partial charge in [0.1, 0.15) is 11.6 Å². The first-order valence-electron chi connectivity index (χ1n) is 7.78. The van der Waals surface area contributed by atoms with Gasteiger partial charge in [0.25, 0.3) is 0 Å². The van der Waals surface area contributed by atoms with Crippen molar-refractivity contribution in [2.45, 2.75) is 25.2 Å². The molecule has 0 saturated carbocycles. The summed E-state index contributed by atoms with van der Waals surface area (Å²) in [6, 6.07) is 6.85. The van der Waals surface area contributed by atoms with E-state index in [1.165, 1.54) is 18.2 Å². The molecule has 0 spiro atoms. The van der Waals surface area contributed by atoms with Crippen LogP contribution < -0.4 is 10.2 Å². The van der Waals surface area contributed by atoms with Gasteiger partial charge >= 0.3 is 6.18 Å². The molecule has 1 aliphatic rings. The highest BCUT2D eigenvalue weighted by Crippen LogP contribution is 2.30. The zero-order valence-corrected chi connectivity index (χ0v) is 15.1. The summed E-state index contributed by atoms with van der Waals surface area (Å²) >= 11 is 6.00. The standard InChI is InChI=1S/C17H16ClF4N3.ClH/c18-15-7-13(19)3-1-11(15)8-23-14-5-6-25(10-14)16-4-2-12(9-24-16)17(20,21)22;/h1-4,7,9,14,23H,5-6,8,10H2;1H/t14-;/m0./s1. The third-order valence-corrected chi connectivity index (χ3v) is 4.54. The normalized spacial score (nSPS) is 17.3. The second kappa shape index (κ2) is 8.41. The van der Waals surface area contributed by atoms with Crippen LogP contribution in [0.2, 0.25) is 5.02 Å². The summed E-state index contributed by atoms with van der Waals surface area (Å²) in [5, 5.41) is 3.70. The number of halogens is 6. The Bertz CT molecular complexity index is 738. The lowest BCUT2D eigenvalue weighted by atomic mass is 10.2. The summed E-state index contributed by atoms with van der Waals surface area (Å²) in [6.45, 7) is 1.84. The van der Waals surface area contributed by atoms with Gasteiger partial charge in [0.2, 0.25) is 0 Å². The first-order valence-corrected chi connectivity index (χ1v) is 8.16. The number of hydrogen-bond donors (Lipinski definition) is 1. The van der Waals surface area contributed by atoms with Crippen molar-refractivity contribution in [3.8, 4) is 0 Å². The summed E-state index contributed by atoms with van der Waals surface area (Å²) in [6.07, 6.45) is -2.69. The molecule has 1 atom stereocenters. The van der Waals surface area contributed by atoms with Crippen molar-refractivity contribution in [2.75, 3.05) is 18.0 Å². The number of benzene rings is 1. The highest BCUT2D eigenvalue weighted by Gasteiger charge is 2.31. The third-order valence-electron chi connectivity index (χ3n) is 4.18. The molecule has 2 aromatic rings. The first-order chi connectivity index (χ1) is 11.8. The molecule has 3 rings (SSSR count). The van der Waals surface area contributed by atoms with E-state index < -0.39 is 11.7 Å². The highest BCUT2D eigenvalue weighted by atomic mass is 35.5. The molecule has 0 unspecified atom stereocenters. The van der Waals surface area contributed by atoms with E-state index in [4.69, 9.17) is 11.6 Å². The lowest BCUT2D eigenvalue weighted by molar-refractivity contribution is -0.137. The van der Waals surface area contributed by atoms with Crippen molar-refractivity contribution in [2.24, 2.45) is 0 Å². The molecule has 2 heterocycles. The number of alkyl halides is 3. The summed E-state index contributed by atoms with van der Waals surface area (Å²) in [5.74, 6) is 0.145. The van der Waals surface area contributed by atoms with Crippen molar-refractivity contribution >= 4 is 29.8 Å². The van der Waals surface area contributed by atoms with Crippen LogP contribution in [0.15, 0.2) is 36.5 Å². The molecule has 3 nitrogen and oxygen atoms in total. The Kier molecular flexibility index (Phi) is 6.71. The number of rotatable bonds is 4. The van der Waals surface area contributed by atoms with Gasteiger partial charge in [-0.15, -0.1) is 12.4 Å². The molecule has 1 fully saturated rings. The number of anilines is 1. The minimum absolute atomic E-state index is 0. The van der Waals surface area contributed by atoms with E-state index in [0.29, 0.717) is 30.5 Å². The van der Waals surface area contributed by atoms with E-state index in [1.807, 2.05) is 4.90 Å². The van der Waals surface area contributed by atoms with Gasteiger partial charge in [-0.2, -0.15) is 13.2 Å². The predicted octanol–water partition coefficient (Wildman–Crippen LogP) is 4.68. The average molecular weight is 410 g/mol. The van der Waals surface area contributed by atoms with Crippen LogP contribution in [0, 0.1) is 5.82 Å². The van der Waals surface area contributed by atoms with Gasteiger partial charge in [0.15, 0.2) is 0 Å². The lowest BCUT2D eigenvalue weighted by Crippen LogP contribution is -2.32. The zero-order chi connectivity index (χ0) is 18.0. The second-order valence-electron chi connectivity index (χ2n) is 5.95. The largest absolute Gasteiger partial charge is 0.417 e. The summed E-state index contributed by atoms with van der Waals surface area (Å²) in [7, 11) is 0. The molecule has 26 heavy (non-hydrogen) atoms. The molecule has 0 aliphatic carbocycles. The summed E-state index contributed by atoms with van der Waals surface area (Å²) < 4.78 is 50.8. The fraction of sp³-hybridized carbons (Fsp3) is 0.353. The maximum Gasteiger partial charge on any atom is 0.417 e. The van der Waals surface area contributed by atoms with E-state index in [1.54, 1.807) is 6.07 Å². The van der Waals surface area contributed by atoms with Gasteiger partial charge in [-0.3, -0.25) is 0 Å². The van der Waals surface area contributed by atoms with E-state index in [0.717, 1.165) is 24.2 Å². The van der Waals surface area contributed by atoms with Crippen LogP contribution >= 0.6 is 24.0 Å². The van der Waals surface area contributed by atoms with E-state index in [-0.39, 0.29) is 24.3 Å². The van der Waals surface area contributed by atoms with Gasteiger partial charge in [0.05, 0.1) is 5.56 Å². The number of pyridine rings is 1. The Labute approximate surface area is 159 Å². The fourth-order valence-electron chi connectivity index (χ4n) is 2.80. The molecule has 1 aromatic carbocycles. The van der Waals surface area contributed by atoms with Crippen molar-refractivity contribution < 1.29 is 17.6 Å². The molecular formula is C17H17Cl2F4N3. The molecule has 1 N–H and O–H groups in total. The Morgan fingerprint density at radius 2 is 2.00 bits per heavy atom. The van der Waals surface area contributed by atoms with Crippen LogP contribution in [-0.2, 0) is 12.7 Å². The Balaban J connectivity index is 0.00000243. The number of nitrogens with one attached hydrogen (secondary N) is 1. The molecule has 142 valence electrons. The van der Waals surface area contributed by atoms with Crippen molar-refractivity contribution in [1.29, 1.82) is 0 Å². The Hall–Kier alpha value is -1.57. The second-order valence-corrected chi connectivity index (χ2v) is 6.36. The number of aromatic nitrogens is 1. The fourth-order valence-corrected chi connectivity index (χ4v) is 3.03. The van der Waals surface area contributed by atoms with Crippen molar-refractivity contribution in [3.63, 3.8) is 0 Å². The van der Waals surface area contributed by atoms with Crippen LogP contribution in [0.5, 0.6) is 0 Å². The average Bonchev–Trinajstić information content (AvgIpc) is 3.02. The van der Waals surface area contributed by atoms with Crippen LogP contribution in [-0.4, -0.2) is 24.1 Å². The monoisotopic (exact) mass is 409 g/mol. The van der Waals surface area contributed by atoms with E-state index >= 15 is 0 Å². The van der Waals surface area contributed by atoms with Crippen LogP contribution in [0.25, 0.3) is 0 Å². The van der Waals surface area contributed by atoms with E-state index in [9.17, 15) is 17.6 Å². The Morgan fingerprint density at radius 3 is 2.62 bits per heavy atom. The van der Waals surface area contributed by atoms with Gasteiger partial charge in [-0.1, -0.05) is 17.7 Å². The SMILES string of the molecule is Cl.Fc1ccc(CN[C@H]2CCN(c3ccc(C(F)(F)F)cn3)C2)c(Cl)c1. The first kappa shape index (κ1) is 20.7. The zero-order valence-electron chi connectivity index (χ0n) is 13.6. The highest BCUT2D eigenvalue weighted by molar-refractivity contribution is 6.31. The maximum absolute atomic E-state index is 13.0. The van der Waals surface area contributed by atoms with Crippen LogP contribution in [0.1, 0.15) is 17.5 Å². The molecule has 0 radical (unpaired) electrons. The van der Waals surface area contributed by atoms with Gasteiger partial charge in [0, 0.05) is 36.9 Å². The van der Waals surface area contributed by atoms with Gasteiger partial charge in [-0.05, 0) is 36.2 Å². The molecule has 1 saturated heterocycles. The van der Waals surface area contributed by atoms with Crippen molar-refractivity contribution in [3.05, 3.63) is 58.5 Å². The third kappa shape index (κ3) is 4.99. The quantitative estimate of drug-likeness (QED) is 0.742. The smallest absolute Gasteiger partial charge is 0.355 e. The summed E-state index contributed by atoms with van der Waals surface area (Å²) in [5.41, 5.74) is 0.0465. The lowest BCUT2D eigenvalue weighted by Gasteiger charge is -2.19. The minimum Gasteiger partial charge on any atom is -0.355 e. The Morgan fingerprint density at radius 1 is 1.23 bits per heavy atom. The van der Waals surface area contributed by atoms with Crippen LogP contribution in [0.3, 0.4) is 0 Å². The van der Waals surface area contributed by atoms with E-state index in [2.05, 4.69) is 10.3 Å². The van der Waals surface area contributed by atoms with Crippen molar-refractivity contribution in [1.82, 2.24) is 10.3 Å². The predicted molar refractivity (Wildman–Crippen MR) is 95.4 cm³/mol. The molecule has 0 bridgehead atoms. The number of hydrogen-bond acceptors (Lipinski definition) is 3. The molecule has 1 aliphatic heterocycles. The molecule has 9 heteroatoms. The molecule has 0 amide bonds. The summed E-state index contributed by atoms with van der Waals surface area (Å²) in [4.78, 5) is 5.85. The van der Waals surface area contributed by atoms with Gasteiger partial charge < -0.3 is 10.2 Å². The molecule has 1 aromatic heterocycles. The van der Waals surface area contributed by atoms with Crippen LogP contribution in [0.4, 0.5) is 23.4 Å². The maximum atomic E-state index is 13.0. The number of nitrogens with zero attached hydrogens (tertiary/aromatic N) is 2.